The lowest BCUT2D eigenvalue weighted by Crippen LogP contribution is -2.48. The third kappa shape index (κ3) is 5.47. The number of nitrogens with zero attached hydrogens (tertiary/aromatic N) is 1. The van der Waals surface area contributed by atoms with Gasteiger partial charge in [-0.25, -0.2) is 8.42 Å². The second-order valence-electron chi connectivity index (χ2n) is 7.61. The van der Waals surface area contributed by atoms with E-state index in [4.69, 9.17) is 0 Å². The highest BCUT2D eigenvalue weighted by atomic mass is 35.5. The summed E-state index contributed by atoms with van der Waals surface area (Å²) < 4.78 is 26.5. The van der Waals surface area contributed by atoms with Crippen LogP contribution < -0.4 is 10.6 Å². The zero-order valence-corrected chi connectivity index (χ0v) is 18.3. The van der Waals surface area contributed by atoms with Gasteiger partial charge in [0.1, 0.15) is 0 Å². The van der Waals surface area contributed by atoms with Gasteiger partial charge in [0.05, 0.1) is 4.90 Å². The molecule has 0 spiro atoms. The second-order valence-corrected chi connectivity index (χ2v) is 9.54. The van der Waals surface area contributed by atoms with Crippen molar-refractivity contribution in [3.05, 3.63) is 29.8 Å². The van der Waals surface area contributed by atoms with E-state index in [9.17, 15) is 13.2 Å². The first-order valence-corrected chi connectivity index (χ1v) is 11.5. The van der Waals surface area contributed by atoms with Crippen LogP contribution in [0.2, 0.25) is 0 Å². The first-order valence-electron chi connectivity index (χ1n) is 10.1. The largest absolute Gasteiger partial charge is 0.353 e. The number of rotatable bonds is 8. The fraction of sp³-hybridized carbons (Fsp3) is 0.650. The minimum Gasteiger partial charge on any atom is -0.353 e. The molecule has 8 heteroatoms. The molecule has 28 heavy (non-hydrogen) atoms. The van der Waals surface area contributed by atoms with E-state index in [0.717, 1.165) is 18.4 Å². The number of piperidine rings is 1. The third-order valence-electron chi connectivity index (χ3n) is 5.75. The van der Waals surface area contributed by atoms with E-state index in [1.54, 1.807) is 12.1 Å². The van der Waals surface area contributed by atoms with Crippen molar-refractivity contribution in [3.63, 3.8) is 0 Å². The van der Waals surface area contributed by atoms with Crippen molar-refractivity contribution < 1.29 is 13.2 Å². The molecular weight excluding hydrogens is 398 g/mol. The predicted molar refractivity (Wildman–Crippen MR) is 113 cm³/mol. The number of hydrogen-bond acceptors (Lipinski definition) is 4. The summed E-state index contributed by atoms with van der Waals surface area (Å²) in [5.41, 5.74) is 0.981. The highest BCUT2D eigenvalue weighted by molar-refractivity contribution is 7.89. The number of carbonyl (C=O) groups is 1. The summed E-state index contributed by atoms with van der Waals surface area (Å²) >= 11 is 0. The highest BCUT2D eigenvalue weighted by Gasteiger charge is 2.33. The Morgan fingerprint density at radius 2 is 1.68 bits per heavy atom. The lowest BCUT2D eigenvalue weighted by Gasteiger charge is -2.29. The molecular formula is C20H32ClN3O3S. The number of nitrogens with one attached hydrogen (secondary N) is 2. The van der Waals surface area contributed by atoms with Crippen LogP contribution in [-0.4, -0.2) is 49.8 Å². The van der Waals surface area contributed by atoms with Gasteiger partial charge in [-0.05, 0) is 49.8 Å². The van der Waals surface area contributed by atoms with Crippen molar-refractivity contribution in [2.24, 2.45) is 0 Å². The minimum atomic E-state index is -3.42. The Balaban J connectivity index is 0.00000280. The Morgan fingerprint density at radius 1 is 1.11 bits per heavy atom. The van der Waals surface area contributed by atoms with Gasteiger partial charge in [-0.15, -0.1) is 12.4 Å². The standard InChI is InChI=1S/C20H31N3O3S.ClH/c1-3-23(4-2)27(25,26)19-10-5-15(6-11-19)7-12-20(24)22-18-13-16-8-9-17(14-18)21-16;/h5-6,10-11,16-18,21H,3-4,7-9,12-14H2,1-2H3,(H,22,24);1H. The lowest BCUT2D eigenvalue weighted by molar-refractivity contribution is -0.122. The Bertz CT molecular complexity index is 738. The maximum Gasteiger partial charge on any atom is 0.243 e. The molecule has 2 unspecified atom stereocenters. The summed E-state index contributed by atoms with van der Waals surface area (Å²) in [4.78, 5) is 12.6. The van der Waals surface area contributed by atoms with Gasteiger partial charge in [0.15, 0.2) is 0 Å². The zero-order valence-electron chi connectivity index (χ0n) is 16.7. The van der Waals surface area contributed by atoms with Crippen LogP contribution in [0.4, 0.5) is 0 Å². The van der Waals surface area contributed by atoms with Crippen molar-refractivity contribution in [1.29, 1.82) is 0 Å². The van der Waals surface area contributed by atoms with Crippen LogP contribution in [0, 0.1) is 0 Å². The van der Waals surface area contributed by atoms with Gasteiger partial charge in [-0.2, -0.15) is 4.31 Å². The predicted octanol–water partition coefficient (Wildman–Crippen LogP) is 2.47. The summed E-state index contributed by atoms with van der Waals surface area (Å²) in [6.45, 7) is 4.59. The topological polar surface area (TPSA) is 78.5 Å². The van der Waals surface area contributed by atoms with Crippen LogP contribution in [0.5, 0.6) is 0 Å². The number of halogens is 1. The quantitative estimate of drug-likeness (QED) is 0.665. The number of benzene rings is 1. The third-order valence-corrected chi connectivity index (χ3v) is 7.81. The Morgan fingerprint density at radius 3 is 2.21 bits per heavy atom. The summed E-state index contributed by atoms with van der Waals surface area (Å²) in [5.74, 6) is 0.0844. The smallest absolute Gasteiger partial charge is 0.243 e. The van der Waals surface area contributed by atoms with Crippen molar-refractivity contribution in [2.75, 3.05) is 13.1 Å². The molecule has 1 aromatic rings. The van der Waals surface area contributed by atoms with Crippen LogP contribution >= 0.6 is 12.4 Å². The summed E-state index contributed by atoms with van der Waals surface area (Å²) in [7, 11) is -3.42. The fourth-order valence-corrected chi connectivity index (χ4v) is 5.73. The summed E-state index contributed by atoms with van der Waals surface area (Å²) in [6.07, 6.45) is 5.55. The maximum atomic E-state index is 12.5. The molecule has 3 rings (SSSR count). The fourth-order valence-electron chi connectivity index (χ4n) is 4.27. The van der Waals surface area contributed by atoms with Crippen molar-refractivity contribution >= 4 is 28.3 Å². The Kier molecular flexibility index (Phi) is 8.30. The van der Waals surface area contributed by atoms with E-state index in [0.29, 0.717) is 42.9 Å². The first kappa shape index (κ1) is 23.1. The van der Waals surface area contributed by atoms with E-state index in [1.807, 2.05) is 26.0 Å². The molecule has 2 aliphatic rings. The Labute approximate surface area is 174 Å². The minimum absolute atomic E-state index is 0. The van der Waals surface area contributed by atoms with Crippen molar-refractivity contribution in [1.82, 2.24) is 14.9 Å². The van der Waals surface area contributed by atoms with Crippen LogP contribution in [-0.2, 0) is 21.2 Å². The van der Waals surface area contributed by atoms with Gasteiger partial charge in [-0.1, -0.05) is 26.0 Å². The molecule has 1 aromatic carbocycles. The van der Waals surface area contributed by atoms with E-state index >= 15 is 0 Å². The average molecular weight is 430 g/mol. The molecule has 0 radical (unpaired) electrons. The van der Waals surface area contributed by atoms with Crippen LogP contribution in [0.3, 0.4) is 0 Å². The van der Waals surface area contributed by atoms with E-state index in [1.165, 1.54) is 17.1 Å². The molecule has 0 aromatic heterocycles. The van der Waals surface area contributed by atoms with Crippen LogP contribution in [0.15, 0.2) is 29.2 Å². The lowest BCUT2D eigenvalue weighted by atomic mass is 9.99. The molecule has 0 saturated carbocycles. The first-order chi connectivity index (χ1) is 12.9. The Hall–Kier alpha value is -1.15. The van der Waals surface area contributed by atoms with Crippen molar-refractivity contribution in [3.8, 4) is 0 Å². The van der Waals surface area contributed by atoms with Gasteiger partial charge in [0.2, 0.25) is 15.9 Å². The molecule has 6 nitrogen and oxygen atoms in total. The molecule has 2 bridgehead atoms. The van der Waals surface area contributed by atoms with Gasteiger partial charge in [0.25, 0.3) is 0 Å². The number of carbonyl (C=O) groups excluding carboxylic acids is 1. The average Bonchev–Trinajstić information content (AvgIpc) is 2.99. The highest BCUT2D eigenvalue weighted by Crippen LogP contribution is 2.26. The normalized spacial score (nSPS) is 24.0. The van der Waals surface area contributed by atoms with Gasteiger partial charge < -0.3 is 10.6 Å². The van der Waals surface area contributed by atoms with Crippen molar-refractivity contribution in [2.45, 2.75) is 75.4 Å². The molecule has 158 valence electrons. The van der Waals surface area contributed by atoms with Gasteiger partial charge in [-0.3, -0.25) is 4.79 Å². The molecule has 2 N–H and O–H groups in total. The van der Waals surface area contributed by atoms with E-state index in [2.05, 4.69) is 10.6 Å². The summed E-state index contributed by atoms with van der Waals surface area (Å²) in [5, 5.41) is 6.76. The SMILES string of the molecule is CCN(CC)S(=O)(=O)c1ccc(CCC(=O)NC2CC3CCC(C2)N3)cc1.Cl. The maximum absolute atomic E-state index is 12.5. The molecule has 2 atom stereocenters. The molecule has 2 fully saturated rings. The van der Waals surface area contributed by atoms with Crippen LogP contribution in [0.25, 0.3) is 0 Å². The zero-order chi connectivity index (χ0) is 19.4. The number of sulfonamides is 1. The molecule has 2 saturated heterocycles. The molecule has 2 heterocycles. The number of fused-ring (bicyclic) bond motifs is 2. The second kappa shape index (κ2) is 10.1. The van der Waals surface area contributed by atoms with Gasteiger partial charge in [0, 0.05) is 37.6 Å². The number of amides is 1. The monoisotopic (exact) mass is 429 g/mol. The molecule has 0 aliphatic carbocycles. The van der Waals surface area contributed by atoms with E-state index < -0.39 is 10.0 Å². The number of hydrogen-bond donors (Lipinski definition) is 2. The number of aryl methyl sites for hydroxylation is 1. The molecule has 2 aliphatic heterocycles. The van der Waals surface area contributed by atoms with Crippen LogP contribution in [0.1, 0.15) is 51.5 Å². The van der Waals surface area contributed by atoms with Gasteiger partial charge >= 0.3 is 0 Å². The van der Waals surface area contributed by atoms with E-state index in [-0.39, 0.29) is 24.4 Å². The summed E-state index contributed by atoms with van der Waals surface area (Å²) in [6, 6.07) is 8.33. The molecule has 1 amide bonds.